The van der Waals surface area contributed by atoms with Gasteiger partial charge in [-0.05, 0) is 36.2 Å². The number of aryl methyl sites for hydroxylation is 1. The van der Waals surface area contributed by atoms with Gasteiger partial charge in [0.05, 0.1) is 11.9 Å². The van der Waals surface area contributed by atoms with Crippen molar-refractivity contribution >= 4 is 17.4 Å². The van der Waals surface area contributed by atoms with E-state index < -0.39 is 0 Å². The number of pyridine rings is 1. The van der Waals surface area contributed by atoms with Crippen molar-refractivity contribution in [2.24, 2.45) is 0 Å². The molecule has 1 aromatic heterocycles. The molecule has 1 aromatic carbocycles. The van der Waals surface area contributed by atoms with Crippen molar-refractivity contribution in [2.75, 3.05) is 11.1 Å². The van der Waals surface area contributed by atoms with Crippen LogP contribution in [0.1, 0.15) is 22.8 Å². The van der Waals surface area contributed by atoms with Gasteiger partial charge in [0.15, 0.2) is 0 Å². The highest BCUT2D eigenvalue weighted by Crippen LogP contribution is 2.10. The second-order valence-corrected chi connectivity index (χ2v) is 3.98. The molecule has 0 radical (unpaired) electrons. The van der Waals surface area contributed by atoms with Crippen LogP contribution >= 0.6 is 0 Å². The van der Waals surface area contributed by atoms with Gasteiger partial charge in [-0.25, -0.2) is 4.98 Å². The predicted octanol–water partition coefficient (Wildman–Crippen LogP) is 2.48. The maximum Gasteiger partial charge on any atom is 0.256 e. The lowest BCUT2D eigenvalue weighted by atomic mass is 10.1. The topological polar surface area (TPSA) is 68.0 Å². The van der Waals surface area contributed by atoms with Crippen molar-refractivity contribution in [2.45, 2.75) is 13.3 Å². The van der Waals surface area contributed by atoms with Gasteiger partial charge in [-0.3, -0.25) is 4.79 Å². The number of aromatic nitrogens is 1. The summed E-state index contributed by atoms with van der Waals surface area (Å²) in [5, 5.41) is 2.72. The lowest BCUT2D eigenvalue weighted by Gasteiger charge is -2.05. The molecule has 0 atom stereocenters. The summed E-state index contributed by atoms with van der Waals surface area (Å²) in [6.07, 6.45) is 2.47. The van der Waals surface area contributed by atoms with E-state index in [0.29, 0.717) is 17.1 Å². The summed E-state index contributed by atoms with van der Waals surface area (Å²) in [5.41, 5.74) is 7.92. The van der Waals surface area contributed by atoms with Gasteiger partial charge in [-0.2, -0.15) is 0 Å². The summed E-state index contributed by atoms with van der Waals surface area (Å²) in [6.45, 7) is 2.08. The molecule has 2 rings (SSSR count). The van der Waals surface area contributed by atoms with Crippen molar-refractivity contribution in [3.8, 4) is 0 Å². The molecular formula is C14H15N3O. The van der Waals surface area contributed by atoms with Gasteiger partial charge in [0, 0.05) is 5.56 Å². The molecule has 0 saturated carbocycles. The Kier molecular flexibility index (Phi) is 3.57. The average Bonchev–Trinajstić information content (AvgIpc) is 2.41. The molecule has 0 unspecified atom stereocenters. The SMILES string of the molecule is CCc1ccc(C(=O)Nc2ccc(N)cn2)cc1. The van der Waals surface area contributed by atoms with Crippen LogP contribution in [0.15, 0.2) is 42.6 Å². The predicted molar refractivity (Wildman–Crippen MR) is 72.4 cm³/mol. The fourth-order valence-corrected chi connectivity index (χ4v) is 1.56. The smallest absolute Gasteiger partial charge is 0.256 e. The zero-order valence-electron chi connectivity index (χ0n) is 10.2. The van der Waals surface area contributed by atoms with Crippen molar-refractivity contribution in [1.29, 1.82) is 0 Å². The first-order valence-corrected chi connectivity index (χ1v) is 5.81. The van der Waals surface area contributed by atoms with E-state index in [1.54, 1.807) is 12.1 Å². The Morgan fingerprint density at radius 3 is 2.50 bits per heavy atom. The van der Waals surface area contributed by atoms with E-state index >= 15 is 0 Å². The Balaban J connectivity index is 2.09. The number of hydrogen-bond donors (Lipinski definition) is 2. The third kappa shape index (κ3) is 2.85. The second-order valence-electron chi connectivity index (χ2n) is 3.98. The largest absolute Gasteiger partial charge is 0.397 e. The number of nitrogen functional groups attached to an aromatic ring is 1. The molecule has 18 heavy (non-hydrogen) atoms. The first-order valence-electron chi connectivity index (χ1n) is 5.81. The van der Waals surface area contributed by atoms with E-state index in [1.165, 1.54) is 11.8 Å². The van der Waals surface area contributed by atoms with Crippen LogP contribution in [0.2, 0.25) is 0 Å². The van der Waals surface area contributed by atoms with E-state index in [-0.39, 0.29) is 5.91 Å². The van der Waals surface area contributed by atoms with Gasteiger partial charge in [-0.1, -0.05) is 19.1 Å². The number of nitrogens with zero attached hydrogens (tertiary/aromatic N) is 1. The number of anilines is 2. The quantitative estimate of drug-likeness (QED) is 0.867. The van der Waals surface area contributed by atoms with Crippen LogP contribution in [-0.2, 0) is 6.42 Å². The molecule has 0 saturated heterocycles. The monoisotopic (exact) mass is 241 g/mol. The first kappa shape index (κ1) is 12.1. The van der Waals surface area contributed by atoms with Gasteiger partial charge < -0.3 is 11.1 Å². The van der Waals surface area contributed by atoms with Crippen LogP contribution < -0.4 is 11.1 Å². The molecule has 0 spiro atoms. The number of amides is 1. The minimum Gasteiger partial charge on any atom is -0.397 e. The molecular weight excluding hydrogens is 226 g/mol. The number of nitrogens with one attached hydrogen (secondary N) is 1. The summed E-state index contributed by atoms with van der Waals surface area (Å²) in [5.74, 6) is 0.323. The summed E-state index contributed by atoms with van der Waals surface area (Å²) >= 11 is 0. The minimum atomic E-state index is -0.171. The molecule has 0 aliphatic heterocycles. The summed E-state index contributed by atoms with van der Waals surface area (Å²) in [4.78, 5) is 15.9. The molecule has 1 heterocycles. The Hall–Kier alpha value is -2.36. The van der Waals surface area contributed by atoms with Crippen LogP contribution in [0.3, 0.4) is 0 Å². The molecule has 0 aliphatic rings. The van der Waals surface area contributed by atoms with Crippen molar-refractivity contribution in [3.05, 3.63) is 53.7 Å². The van der Waals surface area contributed by atoms with E-state index in [9.17, 15) is 4.79 Å². The fourth-order valence-electron chi connectivity index (χ4n) is 1.56. The standard InChI is InChI=1S/C14H15N3O/c1-2-10-3-5-11(6-4-10)14(18)17-13-8-7-12(15)9-16-13/h3-9H,2,15H2,1H3,(H,16,17,18). The van der Waals surface area contributed by atoms with Crippen molar-refractivity contribution < 1.29 is 4.79 Å². The highest BCUT2D eigenvalue weighted by molar-refractivity contribution is 6.03. The normalized spacial score (nSPS) is 10.1. The maximum absolute atomic E-state index is 11.9. The van der Waals surface area contributed by atoms with Crippen molar-refractivity contribution in [3.63, 3.8) is 0 Å². The number of carbonyl (C=O) groups is 1. The number of carbonyl (C=O) groups excluding carboxylic acids is 1. The molecule has 92 valence electrons. The zero-order chi connectivity index (χ0) is 13.0. The lowest BCUT2D eigenvalue weighted by Crippen LogP contribution is -2.12. The van der Waals surface area contributed by atoms with Crippen LogP contribution in [0.4, 0.5) is 11.5 Å². The van der Waals surface area contributed by atoms with Crippen LogP contribution in [-0.4, -0.2) is 10.9 Å². The molecule has 4 heteroatoms. The Bertz CT molecular complexity index is 532. The van der Waals surface area contributed by atoms with Gasteiger partial charge in [0.2, 0.25) is 0 Å². The zero-order valence-corrected chi connectivity index (χ0v) is 10.2. The fraction of sp³-hybridized carbons (Fsp3) is 0.143. The lowest BCUT2D eigenvalue weighted by molar-refractivity contribution is 0.102. The van der Waals surface area contributed by atoms with Gasteiger partial charge in [0.25, 0.3) is 5.91 Å². The molecule has 0 bridgehead atoms. The maximum atomic E-state index is 11.9. The van der Waals surface area contributed by atoms with E-state index in [1.807, 2.05) is 24.3 Å². The first-order chi connectivity index (χ1) is 8.69. The number of rotatable bonds is 3. The summed E-state index contributed by atoms with van der Waals surface area (Å²) < 4.78 is 0. The van der Waals surface area contributed by atoms with E-state index in [2.05, 4.69) is 17.2 Å². The van der Waals surface area contributed by atoms with Crippen LogP contribution in [0.5, 0.6) is 0 Å². The van der Waals surface area contributed by atoms with Gasteiger partial charge in [-0.15, -0.1) is 0 Å². The number of nitrogens with two attached hydrogens (primary N) is 1. The molecule has 2 aromatic rings. The molecule has 1 amide bonds. The van der Waals surface area contributed by atoms with E-state index in [0.717, 1.165) is 6.42 Å². The summed E-state index contributed by atoms with van der Waals surface area (Å²) in [7, 11) is 0. The Morgan fingerprint density at radius 2 is 1.94 bits per heavy atom. The third-order valence-electron chi connectivity index (χ3n) is 2.65. The van der Waals surface area contributed by atoms with E-state index in [4.69, 9.17) is 5.73 Å². The van der Waals surface area contributed by atoms with Crippen LogP contribution in [0, 0.1) is 0 Å². The van der Waals surface area contributed by atoms with Crippen molar-refractivity contribution in [1.82, 2.24) is 4.98 Å². The summed E-state index contributed by atoms with van der Waals surface area (Å²) in [6, 6.07) is 10.9. The molecule has 0 fully saturated rings. The minimum absolute atomic E-state index is 0.171. The van der Waals surface area contributed by atoms with Crippen LogP contribution in [0.25, 0.3) is 0 Å². The highest BCUT2D eigenvalue weighted by atomic mass is 16.1. The average molecular weight is 241 g/mol. The molecule has 4 nitrogen and oxygen atoms in total. The number of hydrogen-bond acceptors (Lipinski definition) is 3. The molecule has 3 N–H and O–H groups in total. The molecule has 0 aliphatic carbocycles. The van der Waals surface area contributed by atoms with Gasteiger partial charge in [0.1, 0.15) is 5.82 Å². The third-order valence-corrected chi connectivity index (χ3v) is 2.65. The number of benzene rings is 1. The highest BCUT2D eigenvalue weighted by Gasteiger charge is 2.06. The second kappa shape index (κ2) is 5.31. The Morgan fingerprint density at radius 1 is 1.22 bits per heavy atom. The van der Waals surface area contributed by atoms with Gasteiger partial charge >= 0.3 is 0 Å². The Labute approximate surface area is 106 Å².